The van der Waals surface area contributed by atoms with Gasteiger partial charge in [0.2, 0.25) is 0 Å². The van der Waals surface area contributed by atoms with Crippen LogP contribution in [0.2, 0.25) is 10.0 Å². The minimum absolute atomic E-state index is 0.157. The van der Waals surface area contributed by atoms with E-state index in [0.717, 1.165) is 9.17 Å². The van der Waals surface area contributed by atoms with E-state index >= 15 is 0 Å². The van der Waals surface area contributed by atoms with E-state index in [4.69, 9.17) is 35.4 Å². The van der Waals surface area contributed by atoms with E-state index in [1.807, 2.05) is 6.07 Å². The molecule has 0 unspecified atom stereocenters. The predicted molar refractivity (Wildman–Crippen MR) is 107 cm³/mol. The van der Waals surface area contributed by atoms with Crippen LogP contribution in [0.25, 0.3) is 10.2 Å². The lowest BCUT2D eigenvalue weighted by Crippen LogP contribution is -2.34. The second-order valence-electron chi connectivity index (χ2n) is 4.64. The highest BCUT2D eigenvalue weighted by Crippen LogP contribution is 2.35. The van der Waals surface area contributed by atoms with Gasteiger partial charge >= 0.3 is 0 Å². The average molecular weight is 461 g/mol. The zero-order valence-corrected chi connectivity index (χ0v) is 16.5. The molecular weight excluding hydrogens is 453 g/mol. The molecular formula is C15H8BrCl2N3OS2. The first-order valence-corrected chi connectivity index (χ1v) is 9.34. The number of benzene rings is 2. The molecule has 4 nitrogen and oxygen atoms in total. The van der Waals surface area contributed by atoms with Gasteiger partial charge < -0.3 is 5.32 Å². The van der Waals surface area contributed by atoms with Crippen LogP contribution in [0.5, 0.6) is 0 Å². The number of aromatic nitrogens is 1. The largest absolute Gasteiger partial charge is 0.308 e. The van der Waals surface area contributed by atoms with Crippen molar-refractivity contribution in [3.05, 3.63) is 56.5 Å². The molecule has 0 atom stereocenters. The van der Waals surface area contributed by atoms with Crippen LogP contribution in [0, 0.1) is 0 Å². The van der Waals surface area contributed by atoms with Crippen LogP contribution < -0.4 is 10.6 Å². The Morgan fingerprint density at radius 3 is 2.58 bits per heavy atom. The van der Waals surface area contributed by atoms with Gasteiger partial charge in [-0.25, -0.2) is 4.98 Å². The van der Waals surface area contributed by atoms with Crippen LogP contribution >= 0.6 is 62.7 Å². The fourth-order valence-corrected chi connectivity index (χ4v) is 3.71. The van der Waals surface area contributed by atoms with E-state index in [0.29, 0.717) is 26.3 Å². The van der Waals surface area contributed by atoms with Crippen LogP contribution in [-0.4, -0.2) is 16.0 Å². The summed E-state index contributed by atoms with van der Waals surface area (Å²) in [5.74, 6) is -0.304. The minimum atomic E-state index is -0.304. The molecule has 0 spiro atoms. The second-order valence-corrected chi connectivity index (χ2v) is 7.78. The molecule has 1 amide bonds. The van der Waals surface area contributed by atoms with Gasteiger partial charge in [0.05, 0.1) is 14.7 Å². The summed E-state index contributed by atoms with van der Waals surface area (Å²) in [4.78, 5) is 16.5. The first kappa shape index (κ1) is 17.6. The molecule has 0 aliphatic carbocycles. The maximum absolute atomic E-state index is 12.1. The van der Waals surface area contributed by atoms with E-state index in [1.165, 1.54) is 11.3 Å². The number of thiocarbonyl (C=S) groups is 1. The third kappa shape index (κ3) is 3.87. The molecule has 3 rings (SSSR count). The predicted octanol–water partition coefficient (Wildman–Crippen LogP) is 5.49. The van der Waals surface area contributed by atoms with E-state index < -0.39 is 0 Å². The number of nitrogens with zero attached hydrogens (tertiary/aromatic N) is 1. The molecule has 122 valence electrons. The number of thiazole rings is 1. The Morgan fingerprint density at radius 1 is 1.17 bits per heavy atom. The standard InChI is InChI=1S/C15H8BrCl2N3OS2/c16-8-3-1-7(2-4-8)13(22)20-14(23)21-15-19-12-10(24-15)6-5-9(17)11(12)18/h1-6H,(H2,19,20,21,22,23). The van der Waals surface area contributed by atoms with E-state index in [-0.39, 0.29) is 11.0 Å². The van der Waals surface area contributed by atoms with Gasteiger partial charge in [-0.3, -0.25) is 10.1 Å². The molecule has 0 radical (unpaired) electrons. The Labute approximate surface area is 165 Å². The maximum Gasteiger partial charge on any atom is 0.257 e. The SMILES string of the molecule is O=C(NC(=S)Nc1nc2c(Cl)c(Cl)ccc2s1)c1ccc(Br)cc1. The molecule has 0 saturated carbocycles. The Balaban J connectivity index is 1.72. The number of anilines is 1. The molecule has 2 N–H and O–H groups in total. The van der Waals surface area contributed by atoms with Gasteiger partial charge in [0.25, 0.3) is 5.91 Å². The van der Waals surface area contributed by atoms with Gasteiger partial charge in [-0.15, -0.1) is 0 Å². The van der Waals surface area contributed by atoms with Crippen molar-refractivity contribution in [3.63, 3.8) is 0 Å². The first-order chi connectivity index (χ1) is 11.4. The van der Waals surface area contributed by atoms with Crippen LogP contribution in [0.4, 0.5) is 5.13 Å². The van der Waals surface area contributed by atoms with Gasteiger partial charge in [0.15, 0.2) is 10.2 Å². The molecule has 2 aromatic carbocycles. The van der Waals surface area contributed by atoms with Gasteiger partial charge in [-0.05, 0) is 48.6 Å². The second kappa shape index (κ2) is 7.33. The number of halogens is 3. The fraction of sp³-hybridized carbons (Fsp3) is 0. The van der Waals surface area contributed by atoms with Crippen molar-refractivity contribution >= 4 is 89.1 Å². The normalized spacial score (nSPS) is 10.6. The van der Waals surface area contributed by atoms with Crippen molar-refractivity contribution in [2.45, 2.75) is 0 Å². The van der Waals surface area contributed by atoms with E-state index in [1.54, 1.807) is 30.3 Å². The molecule has 0 bridgehead atoms. The smallest absolute Gasteiger partial charge is 0.257 e. The van der Waals surface area contributed by atoms with Crippen molar-refractivity contribution in [1.29, 1.82) is 0 Å². The summed E-state index contributed by atoms with van der Waals surface area (Å²) in [5, 5.41) is 7.00. The van der Waals surface area contributed by atoms with Gasteiger partial charge in [-0.1, -0.05) is 50.5 Å². The first-order valence-electron chi connectivity index (χ1n) is 6.56. The molecule has 0 aliphatic rings. The number of rotatable bonds is 2. The molecule has 0 saturated heterocycles. The summed E-state index contributed by atoms with van der Waals surface area (Å²) in [6, 6.07) is 10.5. The van der Waals surface area contributed by atoms with Crippen molar-refractivity contribution in [2.75, 3.05) is 5.32 Å². The number of hydrogen-bond acceptors (Lipinski definition) is 4. The van der Waals surface area contributed by atoms with Crippen molar-refractivity contribution in [1.82, 2.24) is 10.3 Å². The molecule has 3 aromatic rings. The Kier molecular flexibility index (Phi) is 5.36. The monoisotopic (exact) mass is 459 g/mol. The quantitative estimate of drug-likeness (QED) is 0.496. The summed E-state index contributed by atoms with van der Waals surface area (Å²) in [5.41, 5.74) is 1.10. The summed E-state index contributed by atoms with van der Waals surface area (Å²) in [7, 11) is 0. The number of carbonyl (C=O) groups excluding carboxylic acids is 1. The third-order valence-electron chi connectivity index (χ3n) is 3.01. The van der Waals surface area contributed by atoms with Crippen LogP contribution in [0.3, 0.4) is 0 Å². The lowest BCUT2D eigenvalue weighted by atomic mass is 10.2. The summed E-state index contributed by atoms with van der Waals surface area (Å²) in [6.07, 6.45) is 0. The summed E-state index contributed by atoms with van der Waals surface area (Å²) < 4.78 is 1.76. The number of nitrogens with one attached hydrogen (secondary N) is 2. The lowest BCUT2D eigenvalue weighted by molar-refractivity contribution is 0.0977. The van der Waals surface area contributed by atoms with Gasteiger partial charge in [0, 0.05) is 10.0 Å². The van der Waals surface area contributed by atoms with E-state index in [9.17, 15) is 4.79 Å². The van der Waals surface area contributed by atoms with E-state index in [2.05, 4.69) is 31.5 Å². The Morgan fingerprint density at radius 2 is 1.88 bits per heavy atom. The molecule has 1 heterocycles. The van der Waals surface area contributed by atoms with Gasteiger partial charge in [-0.2, -0.15) is 0 Å². The minimum Gasteiger partial charge on any atom is -0.308 e. The number of hydrogen-bond donors (Lipinski definition) is 2. The number of amides is 1. The Hall–Kier alpha value is -1.25. The zero-order valence-electron chi connectivity index (χ0n) is 11.8. The maximum atomic E-state index is 12.1. The van der Waals surface area contributed by atoms with Crippen LogP contribution in [0.15, 0.2) is 40.9 Å². The van der Waals surface area contributed by atoms with Crippen molar-refractivity contribution in [3.8, 4) is 0 Å². The van der Waals surface area contributed by atoms with Gasteiger partial charge in [0.1, 0.15) is 5.52 Å². The highest BCUT2D eigenvalue weighted by Gasteiger charge is 2.12. The fourth-order valence-electron chi connectivity index (χ4n) is 1.90. The third-order valence-corrected chi connectivity index (χ3v) is 5.47. The van der Waals surface area contributed by atoms with Crippen LogP contribution in [0.1, 0.15) is 10.4 Å². The summed E-state index contributed by atoms with van der Waals surface area (Å²) in [6.45, 7) is 0. The summed E-state index contributed by atoms with van der Waals surface area (Å²) >= 11 is 21.9. The highest BCUT2D eigenvalue weighted by molar-refractivity contribution is 9.10. The Bertz CT molecular complexity index is 944. The molecule has 24 heavy (non-hydrogen) atoms. The molecule has 9 heteroatoms. The van der Waals surface area contributed by atoms with Crippen molar-refractivity contribution in [2.24, 2.45) is 0 Å². The average Bonchev–Trinajstić information content (AvgIpc) is 2.94. The molecule has 0 aliphatic heterocycles. The number of carbonyl (C=O) groups is 1. The van der Waals surface area contributed by atoms with Crippen LogP contribution in [-0.2, 0) is 0 Å². The lowest BCUT2D eigenvalue weighted by Gasteiger charge is -2.07. The molecule has 0 fully saturated rings. The zero-order chi connectivity index (χ0) is 17.3. The number of fused-ring (bicyclic) bond motifs is 1. The highest BCUT2D eigenvalue weighted by atomic mass is 79.9. The topological polar surface area (TPSA) is 54.0 Å². The molecule has 1 aromatic heterocycles. The van der Waals surface area contributed by atoms with Crippen molar-refractivity contribution < 1.29 is 4.79 Å².